The molecule has 106 valence electrons. The van der Waals surface area contributed by atoms with Crippen molar-refractivity contribution in [1.82, 2.24) is 0 Å². The Morgan fingerprint density at radius 3 is 1.86 bits per heavy atom. The van der Waals surface area contributed by atoms with Crippen molar-refractivity contribution in [3.05, 3.63) is 72.0 Å². The van der Waals surface area contributed by atoms with Crippen molar-refractivity contribution < 1.29 is 14.3 Å². The molecule has 0 fully saturated rings. The van der Waals surface area contributed by atoms with Gasteiger partial charge in [-0.3, -0.25) is 0 Å². The largest absolute Gasteiger partial charge is 0.465 e. The zero-order valence-electron chi connectivity index (χ0n) is 11.4. The minimum Gasteiger partial charge on any atom is -0.465 e. The lowest BCUT2D eigenvalue weighted by molar-refractivity contribution is -0.129. The molecule has 2 aromatic rings. The molecule has 0 unspecified atom stereocenters. The second-order valence-corrected chi connectivity index (χ2v) is 4.11. The van der Waals surface area contributed by atoms with Crippen molar-refractivity contribution >= 4 is 5.97 Å². The van der Waals surface area contributed by atoms with Crippen LogP contribution in [0.1, 0.15) is 11.1 Å². The molecule has 0 aliphatic heterocycles. The second-order valence-electron chi connectivity index (χ2n) is 4.11. The Morgan fingerprint density at radius 1 is 0.864 bits per heavy atom. The number of rotatable bonds is 4. The zero-order valence-corrected chi connectivity index (χ0v) is 11.4. The van der Waals surface area contributed by atoms with Gasteiger partial charge in [-0.25, -0.2) is 4.79 Å². The first-order valence-electron chi connectivity index (χ1n) is 6.26. The van der Waals surface area contributed by atoms with Gasteiger partial charge in [-0.1, -0.05) is 0 Å². The molecular formula is C17H10N2O3. The number of esters is 1. The summed E-state index contributed by atoms with van der Waals surface area (Å²) in [4.78, 5) is 11.6. The standard InChI is InChI=1S/C17H10N2O3/c18-11-13-1-5-15(6-2-13)21-10-9-17(20)22-16-7-3-14(12-19)4-8-16/h1-10H. The molecule has 0 saturated heterocycles. The molecule has 0 aliphatic carbocycles. The fourth-order valence-electron chi connectivity index (χ4n) is 1.52. The van der Waals surface area contributed by atoms with E-state index in [4.69, 9.17) is 20.0 Å². The normalized spacial score (nSPS) is 9.73. The first kappa shape index (κ1) is 14.8. The van der Waals surface area contributed by atoms with Gasteiger partial charge in [0.2, 0.25) is 0 Å². The molecule has 0 radical (unpaired) electrons. The van der Waals surface area contributed by atoms with Crippen LogP contribution < -0.4 is 9.47 Å². The maximum Gasteiger partial charge on any atom is 0.339 e. The molecule has 0 amide bonds. The monoisotopic (exact) mass is 290 g/mol. The Morgan fingerprint density at radius 2 is 1.36 bits per heavy atom. The van der Waals surface area contributed by atoms with Crippen molar-refractivity contribution in [1.29, 1.82) is 10.5 Å². The van der Waals surface area contributed by atoms with E-state index in [1.165, 1.54) is 18.4 Å². The average Bonchev–Trinajstić information content (AvgIpc) is 2.56. The predicted octanol–water partition coefficient (Wildman–Crippen LogP) is 2.93. The molecule has 0 N–H and O–H groups in total. The van der Waals surface area contributed by atoms with Crippen LogP contribution in [0, 0.1) is 22.7 Å². The summed E-state index contributed by atoms with van der Waals surface area (Å²) in [7, 11) is 0. The third-order valence-corrected chi connectivity index (χ3v) is 2.59. The number of hydrogen-bond donors (Lipinski definition) is 0. The molecule has 0 spiro atoms. The Balaban J connectivity index is 1.88. The van der Waals surface area contributed by atoms with Crippen LogP contribution in [-0.4, -0.2) is 5.97 Å². The van der Waals surface area contributed by atoms with E-state index < -0.39 is 5.97 Å². The first-order chi connectivity index (χ1) is 10.7. The van der Waals surface area contributed by atoms with Crippen LogP contribution in [0.3, 0.4) is 0 Å². The van der Waals surface area contributed by atoms with Crippen molar-refractivity contribution in [2.75, 3.05) is 0 Å². The van der Waals surface area contributed by atoms with Crippen LogP contribution in [0.4, 0.5) is 0 Å². The van der Waals surface area contributed by atoms with Gasteiger partial charge in [0.1, 0.15) is 11.5 Å². The van der Waals surface area contributed by atoms with E-state index in [-0.39, 0.29) is 0 Å². The summed E-state index contributed by atoms with van der Waals surface area (Å²) in [5.41, 5.74) is 1.01. The second kappa shape index (κ2) is 7.28. The molecule has 0 aromatic heterocycles. The van der Waals surface area contributed by atoms with E-state index in [0.717, 1.165) is 6.08 Å². The van der Waals surface area contributed by atoms with Gasteiger partial charge in [0.25, 0.3) is 0 Å². The summed E-state index contributed by atoms with van der Waals surface area (Å²) >= 11 is 0. The summed E-state index contributed by atoms with van der Waals surface area (Å²) in [6, 6.07) is 16.6. The number of nitrogens with zero attached hydrogens (tertiary/aromatic N) is 2. The van der Waals surface area contributed by atoms with Crippen LogP contribution >= 0.6 is 0 Å². The van der Waals surface area contributed by atoms with Crippen molar-refractivity contribution in [2.45, 2.75) is 0 Å². The van der Waals surface area contributed by atoms with E-state index in [1.54, 1.807) is 36.4 Å². The van der Waals surface area contributed by atoms with Crippen LogP contribution in [0.2, 0.25) is 0 Å². The van der Waals surface area contributed by atoms with Gasteiger partial charge in [0.05, 0.1) is 35.6 Å². The molecule has 5 heteroatoms. The zero-order chi connectivity index (χ0) is 15.8. The number of benzene rings is 2. The van der Waals surface area contributed by atoms with Crippen LogP contribution in [0.15, 0.2) is 60.9 Å². The predicted molar refractivity (Wildman–Crippen MR) is 77.7 cm³/mol. The number of ether oxygens (including phenoxy) is 2. The molecule has 5 nitrogen and oxygen atoms in total. The van der Waals surface area contributed by atoms with Gasteiger partial charge in [-0.05, 0) is 48.5 Å². The summed E-state index contributed by atoms with van der Waals surface area (Å²) in [5, 5.41) is 17.3. The van der Waals surface area contributed by atoms with E-state index in [2.05, 4.69) is 0 Å². The number of carbonyl (C=O) groups is 1. The van der Waals surface area contributed by atoms with Crippen molar-refractivity contribution in [2.24, 2.45) is 0 Å². The lowest BCUT2D eigenvalue weighted by atomic mass is 10.2. The highest BCUT2D eigenvalue weighted by Gasteiger charge is 2.01. The Bertz CT molecular complexity index is 764. The Kier molecular flexibility index (Phi) is 4.90. The molecule has 0 aliphatic rings. The minimum absolute atomic E-state index is 0.340. The number of hydrogen-bond acceptors (Lipinski definition) is 5. The molecule has 2 rings (SSSR count). The van der Waals surface area contributed by atoms with E-state index in [9.17, 15) is 4.79 Å². The van der Waals surface area contributed by atoms with Gasteiger partial charge in [-0.15, -0.1) is 0 Å². The number of carbonyl (C=O) groups excluding carboxylic acids is 1. The van der Waals surface area contributed by atoms with Crippen LogP contribution in [0.25, 0.3) is 0 Å². The fourth-order valence-corrected chi connectivity index (χ4v) is 1.52. The summed E-state index contributed by atoms with van der Waals surface area (Å²) in [6.07, 6.45) is 2.34. The SMILES string of the molecule is N#Cc1ccc(OC=CC(=O)Oc2ccc(C#N)cc2)cc1. The van der Waals surface area contributed by atoms with Crippen molar-refractivity contribution in [3.8, 4) is 23.6 Å². The van der Waals surface area contributed by atoms with Gasteiger partial charge >= 0.3 is 5.97 Å². The highest BCUT2D eigenvalue weighted by atomic mass is 16.5. The third-order valence-electron chi connectivity index (χ3n) is 2.59. The highest BCUT2D eigenvalue weighted by Crippen LogP contribution is 2.13. The van der Waals surface area contributed by atoms with E-state index >= 15 is 0 Å². The summed E-state index contributed by atoms with van der Waals surface area (Å²) in [6.45, 7) is 0. The molecule has 0 heterocycles. The quantitative estimate of drug-likeness (QED) is 0.374. The first-order valence-corrected chi connectivity index (χ1v) is 6.26. The maximum atomic E-state index is 11.6. The molecular weight excluding hydrogens is 280 g/mol. The molecule has 0 saturated carbocycles. The Labute approximate surface area is 127 Å². The molecule has 0 atom stereocenters. The van der Waals surface area contributed by atoms with Crippen molar-refractivity contribution in [3.63, 3.8) is 0 Å². The summed E-state index contributed by atoms with van der Waals surface area (Å²) < 4.78 is 10.2. The molecule has 22 heavy (non-hydrogen) atoms. The van der Waals surface area contributed by atoms with Gasteiger partial charge in [-0.2, -0.15) is 10.5 Å². The smallest absolute Gasteiger partial charge is 0.339 e. The van der Waals surface area contributed by atoms with E-state index in [1.807, 2.05) is 12.1 Å². The lowest BCUT2D eigenvalue weighted by Crippen LogP contribution is -2.04. The van der Waals surface area contributed by atoms with Gasteiger partial charge in [0, 0.05) is 0 Å². The molecule has 2 aromatic carbocycles. The highest BCUT2D eigenvalue weighted by molar-refractivity contribution is 5.83. The van der Waals surface area contributed by atoms with Gasteiger partial charge in [0.15, 0.2) is 0 Å². The maximum absolute atomic E-state index is 11.6. The third kappa shape index (κ3) is 4.22. The Hall–Kier alpha value is -3.57. The van der Waals surface area contributed by atoms with E-state index in [0.29, 0.717) is 22.6 Å². The lowest BCUT2D eigenvalue weighted by Gasteiger charge is -2.01. The summed E-state index contributed by atoms with van der Waals surface area (Å²) in [5.74, 6) is 0.242. The van der Waals surface area contributed by atoms with Crippen LogP contribution in [0.5, 0.6) is 11.5 Å². The molecule has 0 bridgehead atoms. The van der Waals surface area contributed by atoms with Gasteiger partial charge < -0.3 is 9.47 Å². The number of nitriles is 2. The van der Waals surface area contributed by atoms with Crippen LogP contribution in [-0.2, 0) is 4.79 Å². The minimum atomic E-state index is -0.599. The average molecular weight is 290 g/mol. The fraction of sp³-hybridized carbons (Fsp3) is 0. The topological polar surface area (TPSA) is 83.1 Å².